The molecule has 1 unspecified atom stereocenters. The topological polar surface area (TPSA) is 48.7 Å². The Balaban J connectivity index is 1.65. The summed E-state index contributed by atoms with van der Waals surface area (Å²) in [7, 11) is 0. The van der Waals surface area contributed by atoms with Gasteiger partial charge in [-0.05, 0) is 29.7 Å². The van der Waals surface area contributed by atoms with Crippen LogP contribution in [0, 0.1) is 11.3 Å². The lowest BCUT2D eigenvalue weighted by Crippen LogP contribution is -2.24. The Morgan fingerprint density at radius 1 is 1.22 bits per heavy atom. The van der Waals surface area contributed by atoms with Gasteiger partial charge in [0, 0.05) is 12.5 Å². The van der Waals surface area contributed by atoms with Gasteiger partial charge in [0.05, 0.1) is 0 Å². The van der Waals surface area contributed by atoms with Crippen molar-refractivity contribution in [1.82, 2.24) is 4.98 Å². The third kappa shape index (κ3) is 1.93. The van der Waals surface area contributed by atoms with Crippen molar-refractivity contribution in [2.75, 3.05) is 11.9 Å². The van der Waals surface area contributed by atoms with Crippen molar-refractivity contribution in [3.05, 3.63) is 59.3 Å². The van der Waals surface area contributed by atoms with Gasteiger partial charge in [-0.3, -0.25) is 0 Å². The predicted molar refractivity (Wildman–Crippen MR) is 70.3 cm³/mol. The number of nitrogens with zero attached hydrogens (tertiary/aromatic N) is 2. The Labute approximate surface area is 106 Å². The number of nitrogens with one attached hydrogen (secondary N) is 1. The maximum absolute atomic E-state index is 8.79. The molecule has 0 fully saturated rings. The van der Waals surface area contributed by atoms with Crippen LogP contribution in [0.4, 0.5) is 5.82 Å². The van der Waals surface area contributed by atoms with E-state index in [1.54, 1.807) is 6.07 Å². The zero-order chi connectivity index (χ0) is 12.4. The Bertz CT molecular complexity index is 613. The lowest BCUT2D eigenvalue weighted by molar-refractivity contribution is 0.634. The quantitative estimate of drug-likeness (QED) is 0.889. The van der Waals surface area contributed by atoms with Crippen molar-refractivity contribution in [3.63, 3.8) is 0 Å². The lowest BCUT2D eigenvalue weighted by Gasteiger charge is -2.30. The first-order valence-corrected chi connectivity index (χ1v) is 6.05. The molecule has 0 saturated heterocycles. The predicted octanol–water partition coefficient (Wildman–Crippen LogP) is 2.71. The molecule has 0 amide bonds. The van der Waals surface area contributed by atoms with E-state index in [2.05, 4.69) is 34.6 Å². The van der Waals surface area contributed by atoms with Crippen LogP contribution in [0.1, 0.15) is 22.7 Å². The minimum Gasteiger partial charge on any atom is -0.369 e. The summed E-state index contributed by atoms with van der Waals surface area (Å²) in [6.45, 7) is 0.874. The number of nitriles is 1. The standard InChI is InChI=1S/C15H13N3/c16-9-13-5-3-7-15(18-13)17-10-12-8-11-4-1-2-6-14(11)12/h1-7,12H,8,10H2,(H,17,18). The number of aromatic nitrogens is 1. The Morgan fingerprint density at radius 3 is 2.94 bits per heavy atom. The summed E-state index contributed by atoms with van der Waals surface area (Å²) in [5.74, 6) is 1.34. The van der Waals surface area contributed by atoms with Crippen molar-refractivity contribution in [1.29, 1.82) is 5.26 Å². The van der Waals surface area contributed by atoms with E-state index in [1.807, 2.05) is 18.2 Å². The molecular formula is C15H13N3. The molecule has 2 aromatic rings. The molecule has 3 nitrogen and oxygen atoms in total. The fourth-order valence-corrected chi connectivity index (χ4v) is 2.37. The number of fused-ring (bicyclic) bond motifs is 1. The zero-order valence-electron chi connectivity index (χ0n) is 9.93. The van der Waals surface area contributed by atoms with Crippen LogP contribution in [0.2, 0.25) is 0 Å². The molecule has 0 radical (unpaired) electrons. The third-order valence-electron chi connectivity index (χ3n) is 3.35. The Kier molecular flexibility index (Phi) is 2.70. The number of hydrogen-bond acceptors (Lipinski definition) is 3. The van der Waals surface area contributed by atoms with Gasteiger partial charge in [0.25, 0.3) is 0 Å². The molecule has 18 heavy (non-hydrogen) atoms. The second kappa shape index (κ2) is 4.50. The first kappa shape index (κ1) is 10.8. The van der Waals surface area contributed by atoms with Gasteiger partial charge in [-0.15, -0.1) is 0 Å². The van der Waals surface area contributed by atoms with Crippen molar-refractivity contribution >= 4 is 5.82 Å². The van der Waals surface area contributed by atoms with E-state index < -0.39 is 0 Å². The molecule has 0 spiro atoms. The van der Waals surface area contributed by atoms with Gasteiger partial charge in [0.1, 0.15) is 17.6 Å². The van der Waals surface area contributed by atoms with Crippen molar-refractivity contribution in [2.45, 2.75) is 12.3 Å². The molecule has 1 atom stereocenters. The first-order chi connectivity index (χ1) is 8.86. The van der Waals surface area contributed by atoms with E-state index >= 15 is 0 Å². The number of benzene rings is 1. The largest absolute Gasteiger partial charge is 0.369 e. The normalized spacial score (nSPS) is 16.3. The average Bonchev–Trinajstić information content (AvgIpc) is 2.40. The van der Waals surface area contributed by atoms with Gasteiger partial charge in [-0.25, -0.2) is 4.98 Å². The Morgan fingerprint density at radius 2 is 2.11 bits per heavy atom. The van der Waals surface area contributed by atoms with Gasteiger partial charge < -0.3 is 5.32 Å². The van der Waals surface area contributed by atoms with Crippen LogP contribution >= 0.6 is 0 Å². The minimum atomic E-state index is 0.453. The van der Waals surface area contributed by atoms with E-state index in [9.17, 15) is 0 Å². The highest BCUT2D eigenvalue weighted by atomic mass is 15.0. The molecule has 1 aliphatic carbocycles. The summed E-state index contributed by atoms with van der Waals surface area (Å²) in [5, 5.41) is 12.1. The van der Waals surface area contributed by atoms with Crippen LogP contribution in [0.15, 0.2) is 42.5 Å². The highest BCUT2D eigenvalue weighted by molar-refractivity contribution is 5.43. The van der Waals surface area contributed by atoms with Crippen LogP contribution in [0.25, 0.3) is 0 Å². The average molecular weight is 235 g/mol. The monoisotopic (exact) mass is 235 g/mol. The van der Waals surface area contributed by atoms with E-state index in [1.165, 1.54) is 11.1 Å². The van der Waals surface area contributed by atoms with E-state index in [-0.39, 0.29) is 0 Å². The number of rotatable bonds is 3. The molecule has 88 valence electrons. The third-order valence-corrected chi connectivity index (χ3v) is 3.35. The van der Waals surface area contributed by atoms with Crippen molar-refractivity contribution < 1.29 is 0 Å². The summed E-state index contributed by atoms with van der Waals surface area (Å²) >= 11 is 0. The Hall–Kier alpha value is -2.34. The highest BCUT2D eigenvalue weighted by Gasteiger charge is 2.24. The van der Waals surface area contributed by atoms with Crippen LogP contribution in [0.3, 0.4) is 0 Å². The molecule has 1 aliphatic rings. The minimum absolute atomic E-state index is 0.453. The van der Waals surface area contributed by atoms with Gasteiger partial charge in [0.15, 0.2) is 0 Å². The molecule has 1 aromatic heterocycles. The van der Waals surface area contributed by atoms with Crippen LogP contribution < -0.4 is 5.32 Å². The molecule has 1 N–H and O–H groups in total. The molecule has 3 rings (SSSR count). The lowest BCUT2D eigenvalue weighted by atomic mass is 9.77. The number of anilines is 1. The van der Waals surface area contributed by atoms with E-state index in [4.69, 9.17) is 5.26 Å². The summed E-state index contributed by atoms with van der Waals surface area (Å²) in [4.78, 5) is 4.21. The van der Waals surface area contributed by atoms with Gasteiger partial charge in [-0.1, -0.05) is 30.3 Å². The maximum Gasteiger partial charge on any atom is 0.142 e. The summed E-state index contributed by atoms with van der Waals surface area (Å²) < 4.78 is 0. The SMILES string of the molecule is N#Cc1cccc(NCC2Cc3ccccc32)n1. The summed E-state index contributed by atoms with van der Waals surface area (Å²) in [6, 6.07) is 16.0. The van der Waals surface area contributed by atoms with Gasteiger partial charge in [-0.2, -0.15) is 5.26 Å². The second-order valence-electron chi connectivity index (χ2n) is 4.50. The fourth-order valence-electron chi connectivity index (χ4n) is 2.37. The van der Waals surface area contributed by atoms with E-state index in [0.717, 1.165) is 18.8 Å². The fraction of sp³-hybridized carbons (Fsp3) is 0.200. The van der Waals surface area contributed by atoms with Crippen LogP contribution in [0.5, 0.6) is 0 Å². The zero-order valence-corrected chi connectivity index (χ0v) is 9.93. The maximum atomic E-state index is 8.79. The van der Waals surface area contributed by atoms with E-state index in [0.29, 0.717) is 11.6 Å². The first-order valence-electron chi connectivity index (χ1n) is 6.05. The molecule has 1 aromatic carbocycles. The molecule has 3 heteroatoms. The molecule has 0 saturated carbocycles. The molecule has 1 heterocycles. The highest BCUT2D eigenvalue weighted by Crippen LogP contribution is 2.34. The second-order valence-corrected chi connectivity index (χ2v) is 4.50. The number of hydrogen-bond donors (Lipinski definition) is 1. The summed E-state index contributed by atoms with van der Waals surface area (Å²) in [6.07, 6.45) is 1.13. The molecule has 0 aliphatic heterocycles. The van der Waals surface area contributed by atoms with Crippen molar-refractivity contribution in [3.8, 4) is 6.07 Å². The van der Waals surface area contributed by atoms with Crippen molar-refractivity contribution in [2.24, 2.45) is 0 Å². The van der Waals surface area contributed by atoms with Crippen LogP contribution in [-0.2, 0) is 6.42 Å². The van der Waals surface area contributed by atoms with Gasteiger partial charge >= 0.3 is 0 Å². The van der Waals surface area contributed by atoms with Gasteiger partial charge in [0.2, 0.25) is 0 Å². The molecular weight excluding hydrogens is 222 g/mol. The smallest absolute Gasteiger partial charge is 0.142 e. The molecule has 0 bridgehead atoms. The number of pyridine rings is 1. The van der Waals surface area contributed by atoms with Crippen LogP contribution in [-0.4, -0.2) is 11.5 Å². The summed E-state index contributed by atoms with van der Waals surface area (Å²) in [5.41, 5.74) is 3.33.